The molecule has 0 unspecified atom stereocenters. The smallest absolute Gasteiger partial charge is 0.270 e. The number of hydrogen-bond acceptors (Lipinski definition) is 4. The van der Waals surface area contributed by atoms with Gasteiger partial charge in [0.2, 0.25) is 0 Å². The van der Waals surface area contributed by atoms with Gasteiger partial charge in [-0.3, -0.25) is 19.6 Å². The standard InChI is InChI=1S/C16H18N4O2/c1-11(2)20-16(22)14-9-13(5-8-18-14)15(21)19-10-12-3-6-17-7-4-12/h3-9,11H,10H2,1-2H3,(H,19,21)(H,20,22). The first-order valence-electron chi connectivity index (χ1n) is 7.00. The van der Waals surface area contributed by atoms with Crippen molar-refractivity contribution in [3.63, 3.8) is 0 Å². The lowest BCUT2D eigenvalue weighted by atomic mass is 10.2. The van der Waals surface area contributed by atoms with Gasteiger partial charge in [0.1, 0.15) is 5.69 Å². The van der Waals surface area contributed by atoms with Gasteiger partial charge in [0.05, 0.1) is 0 Å². The predicted molar refractivity (Wildman–Crippen MR) is 82.2 cm³/mol. The van der Waals surface area contributed by atoms with E-state index < -0.39 is 0 Å². The maximum Gasteiger partial charge on any atom is 0.270 e. The summed E-state index contributed by atoms with van der Waals surface area (Å²) in [6.07, 6.45) is 4.79. The van der Waals surface area contributed by atoms with Crippen molar-refractivity contribution >= 4 is 11.8 Å². The van der Waals surface area contributed by atoms with E-state index in [0.29, 0.717) is 12.1 Å². The zero-order valence-electron chi connectivity index (χ0n) is 12.5. The summed E-state index contributed by atoms with van der Waals surface area (Å²) >= 11 is 0. The zero-order chi connectivity index (χ0) is 15.9. The van der Waals surface area contributed by atoms with E-state index in [9.17, 15) is 9.59 Å². The van der Waals surface area contributed by atoms with Crippen LogP contribution in [-0.4, -0.2) is 27.8 Å². The second-order valence-corrected chi connectivity index (χ2v) is 5.10. The number of carbonyl (C=O) groups excluding carboxylic acids is 2. The van der Waals surface area contributed by atoms with Crippen LogP contribution >= 0.6 is 0 Å². The predicted octanol–water partition coefficient (Wildman–Crippen LogP) is 1.54. The van der Waals surface area contributed by atoms with Gasteiger partial charge in [-0.1, -0.05) is 0 Å². The molecule has 0 spiro atoms. The molecule has 0 fully saturated rings. The summed E-state index contributed by atoms with van der Waals surface area (Å²) in [5.74, 6) is -0.545. The maximum atomic E-state index is 12.1. The topological polar surface area (TPSA) is 84.0 Å². The summed E-state index contributed by atoms with van der Waals surface area (Å²) in [4.78, 5) is 31.9. The van der Waals surface area contributed by atoms with Gasteiger partial charge in [-0.2, -0.15) is 0 Å². The Bertz CT molecular complexity index is 656. The molecule has 22 heavy (non-hydrogen) atoms. The molecule has 0 atom stereocenters. The van der Waals surface area contributed by atoms with Crippen LogP contribution in [0.1, 0.15) is 40.3 Å². The Morgan fingerprint density at radius 2 is 1.82 bits per heavy atom. The van der Waals surface area contributed by atoms with Crippen molar-refractivity contribution in [1.29, 1.82) is 0 Å². The minimum Gasteiger partial charge on any atom is -0.349 e. The van der Waals surface area contributed by atoms with Gasteiger partial charge in [0.25, 0.3) is 11.8 Å². The van der Waals surface area contributed by atoms with Crippen LogP contribution in [0.4, 0.5) is 0 Å². The summed E-state index contributed by atoms with van der Waals surface area (Å²) in [7, 11) is 0. The average Bonchev–Trinajstić information content (AvgIpc) is 2.53. The van der Waals surface area contributed by atoms with E-state index in [4.69, 9.17) is 0 Å². The Morgan fingerprint density at radius 3 is 2.50 bits per heavy atom. The summed E-state index contributed by atoms with van der Waals surface area (Å²) in [6.45, 7) is 4.13. The number of amides is 2. The number of aromatic nitrogens is 2. The number of carbonyl (C=O) groups is 2. The summed E-state index contributed by atoms with van der Waals surface area (Å²) < 4.78 is 0. The molecule has 114 valence electrons. The highest BCUT2D eigenvalue weighted by molar-refractivity contribution is 5.98. The molecule has 2 aromatic heterocycles. The Hall–Kier alpha value is -2.76. The molecule has 0 aliphatic carbocycles. The molecule has 0 saturated heterocycles. The lowest BCUT2D eigenvalue weighted by molar-refractivity contribution is 0.0938. The summed E-state index contributed by atoms with van der Waals surface area (Å²) in [5, 5.41) is 5.54. The van der Waals surface area contributed by atoms with Crippen molar-refractivity contribution in [3.05, 3.63) is 59.7 Å². The van der Waals surface area contributed by atoms with Crippen molar-refractivity contribution in [1.82, 2.24) is 20.6 Å². The van der Waals surface area contributed by atoms with Crippen LogP contribution in [0.15, 0.2) is 42.9 Å². The minimum atomic E-state index is -0.293. The fourth-order valence-electron chi connectivity index (χ4n) is 1.82. The molecule has 2 heterocycles. The van der Waals surface area contributed by atoms with E-state index >= 15 is 0 Å². The number of rotatable bonds is 5. The lowest BCUT2D eigenvalue weighted by Gasteiger charge is -2.09. The number of hydrogen-bond donors (Lipinski definition) is 2. The molecule has 2 aromatic rings. The molecule has 0 aliphatic rings. The van der Waals surface area contributed by atoms with Crippen LogP contribution in [0, 0.1) is 0 Å². The molecule has 0 saturated carbocycles. The Labute approximate surface area is 129 Å². The number of nitrogens with one attached hydrogen (secondary N) is 2. The van der Waals surface area contributed by atoms with Gasteiger partial charge in [0, 0.05) is 36.7 Å². The van der Waals surface area contributed by atoms with E-state index in [0.717, 1.165) is 5.56 Å². The molecule has 6 nitrogen and oxygen atoms in total. The van der Waals surface area contributed by atoms with Crippen LogP contribution in [0.5, 0.6) is 0 Å². The first-order valence-corrected chi connectivity index (χ1v) is 7.00. The quantitative estimate of drug-likeness (QED) is 0.877. The fourth-order valence-corrected chi connectivity index (χ4v) is 1.82. The number of nitrogens with zero attached hydrogens (tertiary/aromatic N) is 2. The lowest BCUT2D eigenvalue weighted by Crippen LogP contribution is -2.31. The van der Waals surface area contributed by atoms with Crippen molar-refractivity contribution in [3.8, 4) is 0 Å². The molecule has 0 bridgehead atoms. The molecular formula is C16H18N4O2. The third kappa shape index (κ3) is 4.37. The Morgan fingerprint density at radius 1 is 1.09 bits per heavy atom. The van der Waals surface area contributed by atoms with Crippen molar-refractivity contribution in [2.24, 2.45) is 0 Å². The molecule has 0 radical (unpaired) electrons. The zero-order valence-corrected chi connectivity index (χ0v) is 12.5. The van der Waals surface area contributed by atoms with Crippen LogP contribution in [0.3, 0.4) is 0 Å². The largest absolute Gasteiger partial charge is 0.349 e. The molecule has 0 aliphatic heterocycles. The van der Waals surface area contributed by atoms with Gasteiger partial charge >= 0.3 is 0 Å². The molecule has 0 aromatic carbocycles. The van der Waals surface area contributed by atoms with Crippen molar-refractivity contribution in [2.45, 2.75) is 26.4 Å². The average molecular weight is 298 g/mol. The first-order chi connectivity index (χ1) is 10.6. The van der Waals surface area contributed by atoms with Gasteiger partial charge in [-0.05, 0) is 43.7 Å². The van der Waals surface area contributed by atoms with Crippen molar-refractivity contribution in [2.75, 3.05) is 0 Å². The van der Waals surface area contributed by atoms with Gasteiger partial charge in [-0.15, -0.1) is 0 Å². The van der Waals surface area contributed by atoms with Crippen LogP contribution < -0.4 is 10.6 Å². The fraction of sp³-hybridized carbons (Fsp3) is 0.250. The first kappa shape index (κ1) is 15.6. The van der Waals surface area contributed by atoms with E-state index in [-0.39, 0.29) is 23.6 Å². The monoisotopic (exact) mass is 298 g/mol. The minimum absolute atomic E-state index is 0.0125. The Kier molecular flexibility index (Phi) is 5.19. The molecule has 2 rings (SSSR count). The van der Waals surface area contributed by atoms with E-state index in [1.54, 1.807) is 18.5 Å². The van der Waals surface area contributed by atoms with E-state index in [1.165, 1.54) is 12.3 Å². The molecule has 2 N–H and O–H groups in total. The third-order valence-corrected chi connectivity index (χ3v) is 2.88. The highest BCUT2D eigenvalue weighted by Gasteiger charge is 2.12. The SMILES string of the molecule is CC(C)NC(=O)c1cc(C(=O)NCc2ccncc2)ccn1. The van der Waals surface area contributed by atoms with Gasteiger partial charge < -0.3 is 10.6 Å². The normalized spacial score (nSPS) is 10.3. The van der Waals surface area contributed by atoms with Crippen LogP contribution in [0.25, 0.3) is 0 Å². The molecular weight excluding hydrogens is 280 g/mol. The molecule has 2 amide bonds. The summed E-state index contributed by atoms with van der Waals surface area (Å²) in [5.41, 5.74) is 1.58. The van der Waals surface area contributed by atoms with Crippen molar-refractivity contribution < 1.29 is 9.59 Å². The van der Waals surface area contributed by atoms with Gasteiger partial charge in [0.15, 0.2) is 0 Å². The number of pyridine rings is 2. The van der Waals surface area contributed by atoms with E-state index in [2.05, 4.69) is 20.6 Å². The third-order valence-electron chi connectivity index (χ3n) is 2.88. The van der Waals surface area contributed by atoms with Crippen LogP contribution in [-0.2, 0) is 6.54 Å². The second kappa shape index (κ2) is 7.31. The van der Waals surface area contributed by atoms with Crippen LogP contribution in [0.2, 0.25) is 0 Å². The highest BCUT2D eigenvalue weighted by atomic mass is 16.2. The maximum absolute atomic E-state index is 12.1. The second-order valence-electron chi connectivity index (χ2n) is 5.10. The van der Waals surface area contributed by atoms with Gasteiger partial charge in [-0.25, -0.2) is 0 Å². The molecule has 6 heteroatoms. The highest BCUT2D eigenvalue weighted by Crippen LogP contribution is 2.04. The summed E-state index contributed by atoms with van der Waals surface area (Å²) in [6, 6.07) is 6.73. The van der Waals surface area contributed by atoms with E-state index in [1.807, 2.05) is 26.0 Å². The Balaban J connectivity index is 2.02.